The van der Waals surface area contributed by atoms with E-state index >= 15 is 0 Å². The van der Waals surface area contributed by atoms with Crippen LogP contribution in [0.25, 0.3) is 0 Å². The second kappa shape index (κ2) is 8.11. The molecule has 0 heteroatoms. The molecular weight excluding hydrogens is 204 g/mol. The fourth-order valence-electron chi connectivity index (χ4n) is 2.02. The van der Waals surface area contributed by atoms with E-state index in [0.29, 0.717) is 0 Å². The molecule has 0 heterocycles. The highest BCUT2D eigenvalue weighted by atomic mass is 14.0. The van der Waals surface area contributed by atoms with Crippen LogP contribution in [-0.4, -0.2) is 0 Å². The summed E-state index contributed by atoms with van der Waals surface area (Å²) in [6.45, 7) is 6.73. The van der Waals surface area contributed by atoms with Gasteiger partial charge in [-0.3, -0.25) is 0 Å². The van der Waals surface area contributed by atoms with E-state index < -0.39 is 0 Å². The Balaban J connectivity index is 2.64. The molecule has 0 atom stereocenters. The van der Waals surface area contributed by atoms with Crippen LogP contribution in [0, 0.1) is 0 Å². The molecule has 0 amide bonds. The van der Waals surface area contributed by atoms with Crippen LogP contribution in [0.2, 0.25) is 0 Å². The summed E-state index contributed by atoms with van der Waals surface area (Å²) in [7, 11) is 0. The molecule has 0 fully saturated rings. The van der Waals surface area contributed by atoms with Crippen molar-refractivity contribution in [1.29, 1.82) is 0 Å². The van der Waals surface area contributed by atoms with E-state index in [9.17, 15) is 0 Å². The van der Waals surface area contributed by atoms with E-state index in [1.54, 1.807) is 0 Å². The molecule has 0 aromatic rings. The topological polar surface area (TPSA) is 0 Å². The highest BCUT2D eigenvalue weighted by molar-refractivity contribution is 5.13. The summed E-state index contributed by atoms with van der Waals surface area (Å²) < 4.78 is 0. The van der Waals surface area contributed by atoms with Crippen LogP contribution < -0.4 is 0 Å². The van der Waals surface area contributed by atoms with Crippen molar-refractivity contribution >= 4 is 0 Å². The van der Waals surface area contributed by atoms with Crippen LogP contribution in [0.3, 0.4) is 0 Å². The van der Waals surface area contributed by atoms with E-state index in [0.717, 1.165) is 0 Å². The summed E-state index contributed by atoms with van der Waals surface area (Å²) >= 11 is 0. The normalized spacial score (nSPS) is 20.1. The summed E-state index contributed by atoms with van der Waals surface area (Å²) in [6, 6.07) is 0. The number of allylic oxidation sites excluding steroid dienone is 8. The Labute approximate surface area is 107 Å². The average Bonchev–Trinajstić information content (AvgIpc) is 2.27. The van der Waals surface area contributed by atoms with E-state index in [2.05, 4.69) is 51.2 Å². The Kier molecular flexibility index (Phi) is 6.69. The first kappa shape index (κ1) is 14.0. The van der Waals surface area contributed by atoms with Crippen molar-refractivity contribution in [2.45, 2.75) is 59.3 Å². The standard InChI is InChI=1S/C17H26/c1-15-9-5-4-6-10-16(2)12-8-14-17(3)13-7-11-15/h4-5,9,12-13H,6-8,10-11,14H2,1-3H3. The molecule has 17 heavy (non-hydrogen) atoms. The van der Waals surface area contributed by atoms with Crippen LogP contribution >= 0.6 is 0 Å². The van der Waals surface area contributed by atoms with Gasteiger partial charge in [-0.1, -0.05) is 47.1 Å². The van der Waals surface area contributed by atoms with Crippen molar-refractivity contribution in [3.05, 3.63) is 47.1 Å². The zero-order chi connectivity index (χ0) is 12.5. The summed E-state index contributed by atoms with van der Waals surface area (Å²) in [6.07, 6.45) is 18.7. The van der Waals surface area contributed by atoms with Gasteiger partial charge in [0.05, 0.1) is 0 Å². The predicted molar refractivity (Wildman–Crippen MR) is 78.1 cm³/mol. The lowest BCUT2D eigenvalue weighted by atomic mass is 10.0. The summed E-state index contributed by atoms with van der Waals surface area (Å²) in [5.74, 6) is 0. The van der Waals surface area contributed by atoms with Gasteiger partial charge in [0.1, 0.15) is 0 Å². The van der Waals surface area contributed by atoms with Gasteiger partial charge >= 0.3 is 0 Å². The van der Waals surface area contributed by atoms with Gasteiger partial charge in [0.15, 0.2) is 0 Å². The maximum Gasteiger partial charge on any atom is -0.0285 e. The van der Waals surface area contributed by atoms with Gasteiger partial charge < -0.3 is 0 Å². The zero-order valence-corrected chi connectivity index (χ0v) is 11.6. The third-order valence-electron chi connectivity index (χ3n) is 3.29. The number of hydrogen-bond acceptors (Lipinski definition) is 0. The summed E-state index contributed by atoms with van der Waals surface area (Å²) in [4.78, 5) is 0. The number of hydrogen-bond donors (Lipinski definition) is 0. The summed E-state index contributed by atoms with van der Waals surface area (Å²) in [5, 5.41) is 0. The summed E-state index contributed by atoms with van der Waals surface area (Å²) in [5.41, 5.74) is 4.55. The Hall–Kier alpha value is -1.04. The fraction of sp³-hybridized carbons (Fsp3) is 0.529. The van der Waals surface area contributed by atoms with Gasteiger partial charge in [-0.05, 0) is 59.3 Å². The SMILES string of the molecule is CC1=CC=CCCC(C)=CCCC(C)=CCC1. The van der Waals surface area contributed by atoms with Gasteiger partial charge in [-0.15, -0.1) is 0 Å². The number of rotatable bonds is 0. The maximum absolute atomic E-state index is 2.40. The van der Waals surface area contributed by atoms with Crippen LogP contribution in [-0.2, 0) is 0 Å². The minimum atomic E-state index is 1.17. The lowest BCUT2D eigenvalue weighted by Gasteiger charge is -2.03. The molecule has 1 rings (SSSR count). The molecule has 0 aromatic heterocycles. The Morgan fingerprint density at radius 1 is 0.706 bits per heavy atom. The van der Waals surface area contributed by atoms with Crippen molar-refractivity contribution in [3.8, 4) is 0 Å². The monoisotopic (exact) mass is 230 g/mol. The van der Waals surface area contributed by atoms with E-state index in [-0.39, 0.29) is 0 Å². The molecular formula is C17H26. The third-order valence-corrected chi connectivity index (χ3v) is 3.29. The minimum absolute atomic E-state index is 1.17. The van der Waals surface area contributed by atoms with Crippen molar-refractivity contribution < 1.29 is 0 Å². The van der Waals surface area contributed by atoms with Gasteiger partial charge in [0, 0.05) is 0 Å². The second-order valence-corrected chi connectivity index (χ2v) is 5.16. The molecule has 0 aromatic carbocycles. The molecule has 0 N–H and O–H groups in total. The first-order chi connectivity index (χ1) is 8.18. The van der Waals surface area contributed by atoms with Gasteiger partial charge in [-0.25, -0.2) is 0 Å². The van der Waals surface area contributed by atoms with Crippen molar-refractivity contribution in [1.82, 2.24) is 0 Å². The minimum Gasteiger partial charge on any atom is -0.0853 e. The first-order valence-electron chi connectivity index (χ1n) is 6.82. The molecule has 94 valence electrons. The van der Waals surface area contributed by atoms with Crippen molar-refractivity contribution in [3.63, 3.8) is 0 Å². The van der Waals surface area contributed by atoms with Crippen LogP contribution in [0.1, 0.15) is 59.3 Å². The van der Waals surface area contributed by atoms with Crippen molar-refractivity contribution in [2.24, 2.45) is 0 Å². The molecule has 1 aliphatic rings. The highest BCUT2D eigenvalue weighted by Gasteiger charge is 1.93. The molecule has 0 unspecified atom stereocenters. The molecule has 0 bridgehead atoms. The maximum atomic E-state index is 2.40. The molecule has 0 nitrogen and oxygen atoms in total. The Morgan fingerprint density at radius 3 is 1.88 bits per heavy atom. The largest absolute Gasteiger partial charge is 0.0853 e. The quantitative estimate of drug-likeness (QED) is 0.466. The van der Waals surface area contributed by atoms with Crippen LogP contribution in [0.15, 0.2) is 47.1 Å². The van der Waals surface area contributed by atoms with E-state index in [1.165, 1.54) is 55.2 Å². The lowest BCUT2D eigenvalue weighted by molar-refractivity contribution is 0.899. The van der Waals surface area contributed by atoms with Gasteiger partial charge in [-0.2, -0.15) is 0 Å². The molecule has 0 saturated carbocycles. The highest BCUT2D eigenvalue weighted by Crippen LogP contribution is 2.14. The Bertz CT molecular complexity index is 337. The molecule has 0 aliphatic heterocycles. The van der Waals surface area contributed by atoms with Gasteiger partial charge in [0.25, 0.3) is 0 Å². The molecule has 0 radical (unpaired) electrons. The first-order valence-corrected chi connectivity index (χ1v) is 6.82. The van der Waals surface area contributed by atoms with Crippen LogP contribution in [0.4, 0.5) is 0 Å². The smallest absolute Gasteiger partial charge is 0.0285 e. The Morgan fingerprint density at radius 2 is 1.24 bits per heavy atom. The predicted octanol–water partition coefficient (Wildman–Crippen LogP) is 5.74. The van der Waals surface area contributed by atoms with Crippen LogP contribution in [0.5, 0.6) is 0 Å². The molecule has 0 saturated heterocycles. The van der Waals surface area contributed by atoms with E-state index in [4.69, 9.17) is 0 Å². The fourth-order valence-corrected chi connectivity index (χ4v) is 2.02. The van der Waals surface area contributed by atoms with E-state index in [1.807, 2.05) is 0 Å². The second-order valence-electron chi connectivity index (χ2n) is 5.16. The average molecular weight is 230 g/mol. The van der Waals surface area contributed by atoms with Gasteiger partial charge in [0.2, 0.25) is 0 Å². The zero-order valence-electron chi connectivity index (χ0n) is 11.6. The molecule has 1 aliphatic carbocycles. The third kappa shape index (κ3) is 6.99. The van der Waals surface area contributed by atoms with Crippen molar-refractivity contribution in [2.75, 3.05) is 0 Å². The lowest BCUT2D eigenvalue weighted by Crippen LogP contribution is -1.82. The molecule has 0 spiro atoms.